The van der Waals surface area contributed by atoms with Crippen LogP contribution in [0.25, 0.3) is 0 Å². The van der Waals surface area contributed by atoms with Crippen molar-refractivity contribution in [1.29, 1.82) is 0 Å². The molecule has 6 nitrogen and oxygen atoms in total. The first-order chi connectivity index (χ1) is 10.3. The Balaban J connectivity index is 1.41. The van der Waals surface area contributed by atoms with Crippen LogP contribution in [0.15, 0.2) is 36.9 Å². The molecule has 1 aliphatic rings. The Morgan fingerprint density at radius 2 is 2.24 bits per heavy atom. The average Bonchev–Trinajstić information content (AvgIpc) is 3.04. The van der Waals surface area contributed by atoms with Crippen molar-refractivity contribution in [1.82, 2.24) is 20.1 Å². The van der Waals surface area contributed by atoms with Crippen LogP contribution >= 0.6 is 0 Å². The Morgan fingerprint density at radius 1 is 1.38 bits per heavy atom. The van der Waals surface area contributed by atoms with Crippen LogP contribution in [0.5, 0.6) is 11.5 Å². The highest BCUT2D eigenvalue weighted by Gasteiger charge is 2.20. The van der Waals surface area contributed by atoms with E-state index in [2.05, 4.69) is 22.3 Å². The van der Waals surface area contributed by atoms with Crippen LogP contribution in [0.4, 0.5) is 0 Å². The highest BCUT2D eigenvalue weighted by Crippen LogP contribution is 2.30. The van der Waals surface area contributed by atoms with Gasteiger partial charge in [0, 0.05) is 19.1 Å². The van der Waals surface area contributed by atoms with Crippen molar-refractivity contribution in [3.05, 3.63) is 36.9 Å². The number of fused-ring (bicyclic) bond motifs is 1. The summed E-state index contributed by atoms with van der Waals surface area (Å²) in [6.45, 7) is 4.38. The summed E-state index contributed by atoms with van der Waals surface area (Å²) in [5.74, 6) is 1.65. The first-order valence-corrected chi connectivity index (χ1v) is 7.25. The van der Waals surface area contributed by atoms with Crippen molar-refractivity contribution in [3.63, 3.8) is 0 Å². The fourth-order valence-corrected chi connectivity index (χ4v) is 2.27. The van der Waals surface area contributed by atoms with Crippen molar-refractivity contribution >= 4 is 0 Å². The maximum atomic E-state index is 5.92. The Morgan fingerprint density at radius 3 is 3.05 bits per heavy atom. The lowest BCUT2D eigenvalue weighted by molar-refractivity contribution is 0.0882. The second-order valence-corrected chi connectivity index (χ2v) is 5.25. The predicted molar refractivity (Wildman–Crippen MR) is 78.5 cm³/mol. The molecule has 1 aromatic heterocycles. The number of ether oxygens (including phenoxy) is 2. The van der Waals surface area contributed by atoms with Crippen LogP contribution in [0, 0.1) is 0 Å². The number of hydrogen-bond acceptors (Lipinski definition) is 5. The SMILES string of the molecule is C[C@H](CCn1cncn1)NC[C@@H]1COc2ccccc2O1. The zero-order chi connectivity index (χ0) is 14.5. The first-order valence-electron chi connectivity index (χ1n) is 7.25. The van der Waals surface area contributed by atoms with E-state index >= 15 is 0 Å². The first kappa shape index (κ1) is 13.9. The number of hydrogen-bond donors (Lipinski definition) is 1. The van der Waals surface area contributed by atoms with Gasteiger partial charge < -0.3 is 14.8 Å². The van der Waals surface area contributed by atoms with Crippen molar-refractivity contribution in [2.45, 2.75) is 32.0 Å². The van der Waals surface area contributed by atoms with Crippen LogP contribution in [0.1, 0.15) is 13.3 Å². The number of nitrogens with zero attached hydrogens (tertiary/aromatic N) is 3. The summed E-state index contributed by atoms with van der Waals surface area (Å²) < 4.78 is 13.5. The van der Waals surface area contributed by atoms with E-state index in [1.54, 1.807) is 12.7 Å². The smallest absolute Gasteiger partial charge is 0.161 e. The zero-order valence-electron chi connectivity index (χ0n) is 12.1. The molecule has 0 unspecified atom stereocenters. The summed E-state index contributed by atoms with van der Waals surface area (Å²) in [6.07, 6.45) is 4.34. The van der Waals surface area contributed by atoms with Crippen LogP contribution < -0.4 is 14.8 Å². The van der Waals surface area contributed by atoms with Gasteiger partial charge in [0.05, 0.1) is 0 Å². The molecule has 2 heterocycles. The molecular weight excluding hydrogens is 268 g/mol. The summed E-state index contributed by atoms with van der Waals surface area (Å²) in [6, 6.07) is 8.16. The van der Waals surface area contributed by atoms with Gasteiger partial charge in [-0.3, -0.25) is 4.68 Å². The van der Waals surface area contributed by atoms with Crippen LogP contribution in [0.2, 0.25) is 0 Å². The van der Waals surface area contributed by atoms with E-state index in [1.807, 2.05) is 28.9 Å². The van der Waals surface area contributed by atoms with Gasteiger partial charge >= 0.3 is 0 Å². The summed E-state index contributed by atoms with van der Waals surface area (Å²) in [7, 11) is 0. The highest BCUT2D eigenvalue weighted by atomic mass is 16.6. The van der Waals surface area contributed by atoms with Gasteiger partial charge in [0.2, 0.25) is 0 Å². The van der Waals surface area contributed by atoms with Gasteiger partial charge in [-0.25, -0.2) is 4.98 Å². The molecule has 112 valence electrons. The van der Waals surface area contributed by atoms with Gasteiger partial charge in [0.15, 0.2) is 11.5 Å². The molecule has 3 rings (SSSR count). The fraction of sp³-hybridized carbons (Fsp3) is 0.467. The number of aromatic nitrogens is 3. The van der Waals surface area contributed by atoms with Crippen LogP contribution in [0.3, 0.4) is 0 Å². The average molecular weight is 288 g/mol. The molecule has 1 aromatic carbocycles. The lowest BCUT2D eigenvalue weighted by atomic mass is 10.2. The van der Waals surface area contributed by atoms with Gasteiger partial charge in [-0.15, -0.1) is 0 Å². The van der Waals surface area contributed by atoms with Crippen molar-refractivity contribution < 1.29 is 9.47 Å². The minimum Gasteiger partial charge on any atom is -0.486 e. The molecule has 0 saturated carbocycles. The number of aryl methyl sites for hydroxylation is 1. The van der Waals surface area contributed by atoms with E-state index in [9.17, 15) is 0 Å². The second kappa shape index (κ2) is 6.58. The molecule has 0 bridgehead atoms. The lowest BCUT2D eigenvalue weighted by Gasteiger charge is -2.27. The molecule has 2 atom stereocenters. The monoisotopic (exact) mass is 288 g/mol. The third-order valence-corrected chi connectivity index (χ3v) is 3.52. The van der Waals surface area contributed by atoms with Gasteiger partial charge in [-0.2, -0.15) is 5.10 Å². The summed E-state index contributed by atoms with van der Waals surface area (Å²) in [4.78, 5) is 3.94. The van der Waals surface area contributed by atoms with Crippen molar-refractivity contribution in [3.8, 4) is 11.5 Å². The number of rotatable bonds is 6. The van der Waals surface area contributed by atoms with Gasteiger partial charge in [0.25, 0.3) is 0 Å². The zero-order valence-corrected chi connectivity index (χ0v) is 12.1. The van der Waals surface area contributed by atoms with Crippen LogP contribution in [-0.2, 0) is 6.54 Å². The molecule has 0 aliphatic carbocycles. The van der Waals surface area contributed by atoms with Crippen molar-refractivity contribution in [2.24, 2.45) is 0 Å². The van der Waals surface area contributed by atoms with E-state index in [4.69, 9.17) is 9.47 Å². The van der Waals surface area contributed by atoms with E-state index in [0.717, 1.165) is 31.0 Å². The largest absolute Gasteiger partial charge is 0.486 e. The molecular formula is C15H20N4O2. The molecule has 21 heavy (non-hydrogen) atoms. The topological polar surface area (TPSA) is 61.2 Å². The molecule has 2 aromatic rings. The Hall–Kier alpha value is -2.08. The maximum absolute atomic E-state index is 5.92. The Labute approximate surface area is 124 Å². The summed E-state index contributed by atoms with van der Waals surface area (Å²) in [5.41, 5.74) is 0. The Bertz CT molecular complexity index is 559. The normalized spacial score (nSPS) is 18.4. The molecule has 0 fully saturated rings. The number of benzene rings is 1. The van der Waals surface area contributed by atoms with Gasteiger partial charge in [-0.05, 0) is 25.5 Å². The van der Waals surface area contributed by atoms with E-state index in [-0.39, 0.29) is 6.10 Å². The molecule has 0 spiro atoms. The molecule has 0 saturated heterocycles. The van der Waals surface area contributed by atoms with Crippen LogP contribution in [-0.4, -0.2) is 40.1 Å². The number of nitrogens with one attached hydrogen (secondary N) is 1. The Kier molecular flexibility index (Phi) is 4.35. The quantitative estimate of drug-likeness (QED) is 0.872. The molecule has 0 radical (unpaired) electrons. The number of para-hydroxylation sites is 2. The molecule has 0 amide bonds. The van der Waals surface area contributed by atoms with Crippen molar-refractivity contribution in [2.75, 3.05) is 13.2 Å². The van der Waals surface area contributed by atoms with E-state index in [1.165, 1.54) is 0 Å². The third kappa shape index (κ3) is 3.72. The molecule has 1 N–H and O–H groups in total. The molecule has 1 aliphatic heterocycles. The van der Waals surface area contributed by atoms with Gasteiger partial charge in [0.1, 0.15) is 25.4 Å². The highest BCUT2D eigenvalue weighted by molar-refractivity contribution is 5.40. The van der Waals surface area contributed by atoms with E-state index in [0.29, 0.717) is 12.6 Å². The van der Waals surface area contributed by atoms with E-state index < -0.39 is 0 Å². The summed E-state index contributed by atoms with van der Waals surface area (Å²) >= 11 is 0. The maximum Gasteiger partial charge on any atom is 0.161 e. The lowest BCUT2D eigenvalue weighted by Crippen LogP contribution is -2.41. The standard InChI is InChI=1S/C15H20N4O2/c1-12(6-7-19-11-16-10-18-19)17-8-13-9-20-14-4-2-3-5-15(14)21-13/h2-5,10-13,17H,6-9H2,1H3/t12-,13-/m1/s1. The second-order valence-electron chi connectivity index (χ2n) is 5.25. The fourth-order valence-electron chi connectivity index (χ4n) is 2.27. The van der Waals surface area contributed by atoms with Gasteiger partial charge in [-0.1, -0.05) is 12.1 Å². The minimum atomic E-state index is 0.0497. The predicted octanol–water partition coefficient (Wildman–Crippen LogP) is 1.49. The summed E-state index contributed by atoms with van der Waals surface area (Å²) in [5, 5.41) is 7.58. The minimum absolute atomic E-state index is 0.0497. The third-order valence-electron chi connectivity index (χ3n) is 3.52. The molecule has 6 heteroatoms.